The van der Waals surface area contributed by atoms with Crippen LogP contribution >= 0.6 is 11.6 Å². The molecule has 9 heteroatoms. The summed E-state index contributed by atoms with van der Waals surface area (Å²) in [6.07, 6.45) is 1.37. The number of nitriles is 1. The molecule has 3 aromatic rings. The Hall–Kier alpha value is -3.80. The van der Waals surface area contributed by atoms with E-state index in [-0.39, 0.29) is 22.0 Å². The lowest BCUT2D eigenvalue weighted by Gasteiger charge is -2.12. The summed E-state index contributed by atoms with van der Waals surface area (Å²) in [5, 5.41) is 12.5. The maximum Gasteiger partial charge on any atom is 0.339 e. The molecule has 0 aliphatic heterocycles. The van der Waals surface area contributed by atoms with Crippen LogP contribution in [0.2, 0.25) is 5.02 Å². The monoisotopic (exact) mass is 482 g/mol. The second-order valence-corrected chi connectivity index (χ2v) is 8.88. The third-order valence-electron chi connectivity index (χ3n) is 4.44. The Morgan fingerprint density at radius 2 is 1.79 bits per heavy atom. The van der Waals surface area contributed by atoms with E-state index in [4.69, 9.17) is 20.5 Å². The average Bonchev–Trinajstić information content (AvgIpc) is 2.78. The molecule has 0 spiro atoms. The molecule has 0 bridgehead atoms. The first-order chi connectivity index (χ1) is 15.7. The van der Waals surface area contributed by atoms with Gasteiger partial charge in [0, 0.05) is 10.7 Å². The minimum atomic E-state index is -4.13. The Balaban J connectivity index is 1.84. The molecule has 0 aliphatic rings. The molecule has 33 heavy (non-hydrogen) atoms. The molecule has 168 valence electrons. The van der Waals surface area contributed by atoms with Crippen LogP contribution in [0, 0.1) is 18.3 Å². The van der Waals surface area contributed by atoms with Gasteiger partial charge < -0.3 is 14.2 Å². The van der Waals surface area contributed by atoms with Gasteiger partial charge in [0.05, 0.1) is 7.11 Å². The SMILES string of the molecule is COc1cc(/C=C(\C#N)C(=O)Nc2cccc(C)c2)ccc1OS(=O)(=O)c1ccc(Cl)cc1. The van der Waals surface area contributed by atoms with E-state index in [0.717, 1.165) is 5.56 Å². The molecule has 0 heterocycles. The maximum absolute atomic E-state index is 12.5. The lowest BCUT2D eigenvalue weighted by atomic mass is 10.1. The summed E-state index contributed by atoms with van der Waals surface area (Å²) in [5.74, 6) is -0.516. The molecule has 3 aromatic carbocycles. The van der Waals surface area contributed by atoms with Gasteiger partial charge in [-0.2, -0.15) is 13.7 Å². The van der Waals surface area contributed by atoms with E-state index in [0.29, 0.717) is 16.3 Å². The van der Waals surface area contributed by atoms with Crippen LogP contribution in [0.4, 0.5) is 5.69 Å². The van der Waals surface area contributed by atoms with Crippen molar-refractivity contribution in [1.29, 1.82) is 5.26 Å². The van der Waals surface area contributed by atoms with E-state index >= 15 is 0 Å². The fraction of sp³-hybridized carbons (Fsp3) is 0.0833. The number of rotatable bonds is 7. The van der Waals surface area contributed by atoms with Crippen molar-refractivity contribution in [3.05, 3.63) is 88.5 Å². The molecule has 1 N–H and O–H groups in total. The van der Waals surface area contributed by atoms with E-state index in [9.17, 15) is 18.5 Å². The lowest BCUT2D eigenvalue weighted by molar-refractivity contribution is -0.112. The normalized spacial score (nSPS) is 11.4. The molecule has 0 aliphatic carbocycles. The van der Waals surface area contributed by atoms with Gasteiger partial charge in [0.25, 0.3) is 5.91 Å². The number of aryl methyl sites for hydroxylation is 1. The third kappa shape index (κ3) is 6.13. The van der Waals surface area contributed by atoms with Crippen LogP contribution in [0.25, 0.3) is 6.08 Å². The Kier molecular flexibility index (Phi) is 7.38. The van der Waals surface area contributed by atoms with E-state index < -0.39 is 16.0 Å². The average molecular weight is 483 g/mol. The molecule has 7 nitrogen and oxygen atoms in total. The summed E-state index contributed by atoms with van der Waals surface area (Å²) in [7, 11) is -2.78. The standard InChI is InChI=1S/C24H19ClN2O5S/c1-16-4-3-5-20(12-16)27-24(28)18(15-26)13-17-6-11-22(23(14-17)31-2)32-33(29,30)21-9-7-19(25)8-10-21/h3-14H,1-2H3,(H,27,28)/b18-13+. The number of amides is 1. The van der Waals surface area contributed by atoms with Gasteiger partial charge in [-0.05, 0) is 72.7 Å². The largest absolute Gasteiger partial charge is 0.493 e. The smallest absolute Gasteiger partial charge is 0.339 e. The zero-order valence-electron chi connectivity index (χ0n) is 17.7. The third-order valence-corrected chi connectivity index (χ3v) is 5.94. The number of carbonyl (C=O) groups excluding carboxylic acids is 1. The predicted octanol–water partition coefficient (Wildman–Crippen LogP) is 4.97. The van der Waals surface area contributed by atoms with Crippen LogP contribution < -0.4 is 14.2 Å². The number of anilines is 1. The Labute approximate surface area is 197 Å². The van der Waals surface area contributed by atoms with Gasteiger partial charge in [-0.25, -0.2) is 0 Å². The summed E-state index contributed by atoms with van der Waals surface area (Å²) in [6.45, 7) is 1.89. The van der Waals surface area contributed by atoms with E-state index in [1.165, 1.54) is 55.7 Å². The van der Waals surface area contributed by atoms with E-state index in [2.05, 4.69) is 5.32 Å². The molecule has 1 amide bonds. The summed E-state index contributed by atoms with van der Waals surface area (Å²) in [4.78, 5) is 12.4. The molecule has 0 unspecified atom stereocenters. The summed E-state index contributed by atoms with van der Waals surface area (Å²) < 4.78 is 35.6. The molecular formula is C24H19ClN2O5S. The number of hydrogen-bond donors (Lipinski definition) is 1. The molecule has 0 fully saturated rings. The zero-order valence-corrected chi connectivity index (χ0v) is 19.3. The van der Waals surface area contributed by atoms with Gasteiger partial charge in [-0.3, -0.25) is 4.79 Å². The van der Waals surface area contributed by atoms with Gasteiger partial charge in [-0.15, -0.1) is 0 Å². The van der Waals surface area contributed by atoms with Gasteiger partial charge in [0.15, 0.2) is 11.5 Å². The number of ether oxygens (including phenoxy) is 1. The summed E-state index contributed by atoms with van der Waals surface area (Å²) in [5.41, 5.74) is 1.83. The summed E-state index contributed by atoms with van der Waals surface area (Å²) in [6, 6.07) is 18.9. The highest BCUT2D eigenvalue weighted by atomic mass is 35.5. The second-order valence-electron chi connectivity index (χ2n) is 6.90. The van der Waals surface area contributed by atoms with Crippen molar-refractivity contribution in [2.45, 2.75) is 11.8 Å². The van der Waals surface area contributed by atoms with Crippen LogP contribution in [0.3, 0.4) is 0 Å². The molecule has 3 rings (SSSR count). The first kappa shape index (κ1) is 23.9. The number of benzene rings is 3. The van der Waals surface area contributed by atoms with Gasteiger partial charge in [0.1, 0.15) is 16.5 Å². The van der Waals surface area contributed by atoms with Crippen LogP contribution in [0.1, 0.15) is 11.1 Å². The second kappa shape index (κ2) is 10.2. The first-order valence-electron chi connectivity index (χ1n) is 9.60. The van der Waals surface area contributed by atoms with Crippen molar-refractivity contribution < 1.29 is 22.1 Å². The minimum Gasteiger partial charge on any atom is -0.493 e. The van der Waals surface area contributed by atoms with E-state index in [1.54, 1.807) is 18.2 Å². The van der Waals surface area contributed by atoms with Gasteiger partial charge in [-0.1, -0.05) is 29.8 Å². The van der Waals surface area contributed by atoms with Crippen LogP contribution in [-0.2, 0) is 14.9 Å². The fourth-order valence-corrected chi connectivity index (χ4v) is 3.91. The van der Waals surface area contributed by atoms with Crippen molar-refractivity contribution in [3.63, 3.8) is 0 Å². The number of nitrogens with zero attached hydrogens (tertiary/aromatic N) is 1. The quantitative estimate of drug-likeness (QED) is 0.289. The topological polar surface area (TPSA) is 105 Å². The molecule has 0 aromatic heterocycles. The highest BCUT2D eigenvalue weighted by molar-refractivity contribution is 7.87. The Morgan fingerprint density at radius 1 is 1.06 bits per heavy atom. The zero-order chi connectivity index (χ0) is 24.0. The van der Waals surface area contributed by atoms with Crippen LogP contribution in [-0.4, -0.2) is 21.4 Å². The molecular weight excluding hydrogens is 464 g/mol. The van der Waals surface area contributed by atoms with Crippen molar-refractivity contribution in [2.24, 2.45) is 0 Å². The predicted molar refractivity (Wildman–Crippen MR) is 126 cm³/mol. The van der Waals surface area contributed by atoms with Crippen LogP contribution in [0.5, 0.6) is 11.5 Å². The molecule has 0 saturated heterocycles. The first-order valence-corrected chi connectivity index (χ1v) is 11.4. The number of methoxy groups -OCH3 is 1. The molecule has 0 radical (unpaired) electrons. The highest BCUT2D eigenvalue weighted by Gasteiger charge is 2.19. The Bertz CT molecular complexity index is 1360. The maximum atomic E-state index is 12.5. The van der Waals surface area contributed by atoms with Crippen molar-refractivity contribution in [2.75, 3.05) is 12.4 Å². The van der Waals surface area contributed by atoms with Crippen molar-refractivity contribution in [3.8, 4) is 17.6 Å². The minimum absolute atomic E-state index is 0.0488. The number of carbonyl (C=O) groups is 1. The lowest BCUT2D eigenvalue weighted by Crippen LogP contribution is -2.13. The van der Waals surface area contributed by atoms with E-state index in [1.807, 2.05) is 19.1 Å². The Morgan fingerprint density at radius 3 is 2.42 bits per heavy atom. The van der Waals surface area contributed by atoms with Crippen LogP contribution in [0.15, 0.2) is 77.2 Å². The van der Waals surface area contributed by atoms with Crippen molar-refractivity contribution in [1.82, 2.24) is 0 Å². The van der Waals surface area contributed by atoms with Gasteiger partial charge >= 0.3 is 10.1 Å². The molecule has 0 saturated carbocycles. The molecule has 0 atom stereocenters. The number of halogens is 1. The fourth-order valence-electron chi connectivity index (χ4n) is 2.85. The number of nitrogens with one attached hydrogen (secondary N) is 1. The number of hydrogen-bond acceptors (Lipinski definition) is 6. The van der Waals surface area contributed by atoms with Gasteiger partial charge in [0.2, 0.25) is 0 Å². The highest BCUT2D eigenvalue weighted by Crippen LogP contribution is 2.31. The summed E-state index contributed by atoms with van der Waals surface area (Å²) >= 11 is 5.80. The van der Waals surface area contributed by atoms with Crippen molar-refractivity contribution >= 4 is 39.4 Å².